The van der Waals surface area contributed by atoms with E-state index in [-0.39, 0.29) is 17.5 Å². The standard InChI is InChI=1S/C10H21N3O/c1-10(2)5-7-12-9(14)8(4-6-11)13(10)3/h8H,4-7,11H2,1-3H3,(H,12,14). The number of nitrogens with two attached hydrogens (primary N) is 1. The minimum Gasteiger partial charge on any atom is -0.355 e. The number of amides is 1. The van der Waals surface area contributed by atoms with Crippen LogP contribution in [0.5, 0.6) is 0 Å². The third-order valence-electron chi connectivity index (χ3n) is 3.20. The topological polar surface area (TPSA) is 58.4 Å². The summed E-state index contributed by atoms with van der Waals surface area (Å²) in [6.07, 6.45) is 1.71. The first-order valence-electron chi connectivity index (χ1n) is 5.20. The Morgan fingerprint density at radius 3 is 2.86 bits per heavy atom. The molecule has 1 aliphatic heterocycles. The summed E-state index contributed by atoms with van der Waals surface area (Å²) < 4.78 is 0. The predicted octanol–water partition coefficient (Wildman–Crippen LogP) is -0.0659. The lowest BCUT2D eigenvalue weighted by atomic mass is 9.97. The molecule has 0 aromatic carbocycles. The Hall–Kier alpha value is -0.610. The van der Waals surface area contributed by atoms with Crippen LogP contribution in [-0.4, -0.2) is 42.5 Å². The van der Waals surface area contributed by atoms with E-state index in [2.05, 4.69) is 24.1 Å². The number of nitrogens with one attached hydrogen (secondary N) is 1. The Balaban J connectivity index is 2.80. The van der Waals surface area contributed by atoms with Crippen LogP contribution in [0.15, 0.2) is 0 Å². The fraction of sp³-hybridized carbons (Fsp3) is 0.900. The number of carbonyl (C=O) groups excluding carboxylic acids is 1. The highest BCUT2D eigenvalue weighted by Gasteiger charge is 2.35. The zero-order chi connectivity index (χ0) is 10.8. The quantitative estimate of drug-likeness (QED) is 0.655. The molecular weight excluding hydrogens is 178 g/mol. The van der Waals surface area contributed by atoms with Crippen molar-refractivity contribution in [2.75, 3.05) is 20.1 Å². The molecule has 0 bridgehead atoms. The van der Waals surface area contributed by atoms with Crippen LogP contribution in [-0.2, 0) is 4.79 Å². The van der Waals surface area contributed by atoms with Crippen LogP contribution in [0.4, 0.5) is 0 Å². The number of carbonyl (C=O) groups is 1. The lowest BCUT2D eigenvalue weighted by Crippen LogP contribution is -2.50. The van der Waals surface area contributed by atoms with E-state index in [0.717, 1.165) is 19.4 Å². The van der Waals surface area contributed by atoms with Crippen molar-refractivity contribution in [1.82, 2.24) is 10.2 Å². The van der Waals surface area contributed by atoms with Gasteiger partial charge in [0.2, 0.25) is 5.91 Å². The fourth-order valence-corrected chi connectivity index (χ4v) is 1.87. The first-order valence-corrected chi connectivity index (χ1v) is 5.20. The van der Waals surface area contributed by atoms with Gasteiger partial charge in [0, 0.05) is 12.1 Å². The largest absolute Gasteiger partial charge is 0.355 e. The zero-order valence-electron chi connectivity index (χ0n) is 9.34. The van der Waals surface area contributed by atoms with Gasteiger partial charge in [-0.25, -0.2) is 0 Å². The van der Waals surface area contributed by atoms with Gasteiger partial charge in [-0.05, 0) is 40.3 Å². The smallest absolute Gasteiger partial charge is 0.237 e. The zero-order valence-corrected chi connectivity index (χ0v) is 9.34. The Morgan fingerprint density at radius 1 is 1.64 bits per heavy atom. The van der Waals surface area contributed by atoms with Crippen molar-refractivity contribution >= 4 is 5.91 Å². The molecule has 0 aromatic rings. The minimum atomic E-state index is -0.0718. The summed E-state index contributed by atoms with van der Waals surface area (Å²) in [4.78, 5) is 13.8. The van der Waals surface area contributed by atoms with Gasteiger partial charge in [-0.1, -0.05) is 0 Å². The molecule has 1 saturated heterocycles. The van der Waals surface area contributed by atoms with E-state index < -0.39 is 0 Å². The highest BCUT2D eigenvalue weighted by molar-refractivity contribution is 5.82. The van der Waals surface area contributed by atoms with Crippen molar-refractivity contribution < 1.29 is 4.79 Å². The molecule has 0 aliphatic carbocycles. The molecule has 1 aliphatic rings. The molecule has 82 valence electrons. The second kappa shape index (κ2) is 4.28. The average molecular weight is 199 g/mol. The van der Waals surface area contributed by atoms with Crippen molar-refractivity contribution in [1.29, 1.82) is 0 Å². The summed E-state index contributed by atoms with van der Waals surface area (Å²) in [7, 11) is 2.01. The molecule has 14 heavy (non-hydrogen) atoms. The molecule has 1 amide bonds. The summed E-state index contributed by atoms with van der Waals surface area (Å²) in [5.41, 5.74) is 5.59. The van der Waals surface area contributed by atoms with E-state index in [1.54, 1.807) is 0 Å². The maximum atomic E-state index is 11.7. The summed E-state index contributed by atoms with van der Waals surface area (Å²) >= 11 is 0. The van der Waals surface area contributed by atoms with Crippen molar-refractivity contribution in [3.8, 4) is 0 Å². The van der Waals surface area contributed by atoms with Gasteiger partial charge < -0.3 is 11.1 Å². The third-order valence-corrected chi connectivity index (χ3v) is 3.20. The minimum absolute atomic E-state index is 0.0684. The molecule has 1 rings (SSSR count). The van der Waals surface area contributed by atoms with Gasteiger partial charge in [0.25, 0.3) is 0 Å². The molecule has 0 spiro atoms. The van der Waals surface area contributed by atoms with Crippen LogP contribution < -0.4 is 11.1 Å². The second-order valence-electron chi connectivity index (χ2n) is 4.56. The van der Waals surface area contributed by atoms with Gasteiger partial charge in [0.15, 0.2) is 0 Å². The molecular formula is C10H21N3O. The molecule has 3 N–H and O–H groups in total. The average Bonchev–Trinajstić information content (AvgIpc) is 2.19. The Labute approximate surface area is 85.8 Å². The normalized spacial score (nSPS) is 28.3. The van der Waals surface area contributed by atoms with Crippen LogP contribution in [0.3, 0.4) is 0 Å². The van der Waals surface area contributed by atoms with Crippen LogP contribution in [0.1, 0.15) is 26.7 Å². The molecule has 1 unspecified atom stereocenters. The van der Waals surface area contributed by atoms with Crippen molar-refractivity contribution in [2.45, 2.75) is 38.3 Å². The van der Waals surface area contributed by atoms with E-state index in [0.29, 0.717) is 6.54 Å². The first kappa shape index (κ1) is 11.5. The second-order valence-corrected chi connectivity index (χ2v) is 4.56. The molecule has 1 atom stereocenters. The van der Waals surface area contributed by atoms with Crippen molar-refractivity contribution in [3.63, 3.8) is 0 Å². The number of hydrogen-bond acceptors (Lipinski definition) is 3. The van der Waals surface area contributed by atoms with Crippen LogP contribution >= 0.6 is 0 Å². The fourth-order valence-electron chi connectivity index (χ4n) is 1.87. The van der Waals surface area contributed by atoms with E-state index in [1.807, 2.05) is 7.05 Å². The van der Waals surface area contributed by atoms with E-state index in [9.17, 15) is 4.79 Å². The molecule has 1 fully saturated rings. The Morgan fingerprint density at radius 2 is 2.29 bits per heavy atom. The maximum Gasteiger partial charge on any atom is 0.237 e. The van der Waals surface area contributed by atoms with E-state index in [4.69, 9.17) is 5.73 Å². The van der Waals surface area contributed by atoms with Crippen LogP contribution in [0.2, 0.25) is 0 Å². The summed E-state index contributed by atoms with van der Waals surface area (Å²) in [5.74, 6) is 0.114. The maximum absolute atomic E-state index is 11.7. The van der Waals surface area contributed by atoms with Gasteiger partial charge in [0.05, 0.1) is 6.04 Å². The van der Waals surface area contributed by atoms with Crippen molar-refractivity contribution in [2.24, 2.45) is 5.73 Å². The number of nitrogens with zero attached hydrogens (tertiary/aromatic N) is 1. The van der Waals surface area contributed by atoms with Gasteiger partial charge in [0.1, 0.15) is 0 Å². The molecule has 4 nitrogen and oxygen atoms in total. The first-order chi connectivity index (χ1) is 6.49. The van der Waals surface area contributed by atoms with E-state index >= 15 is 0 Å². The molecule has 1 heterocycles. The molecule has 0 aromatic heterocycles. The van der Waals surface area contributed by atoms with Gasteiger partial charge >= 0.3 is 0 Å². The Kier molecular flexibility index (Phi) is 3.50. The third kappa shape index (κ3) is 2.25. The summed E-state index contributed by atoms with van der Waals surface area (Å²) in [6, 6.07) is -0.0718. The van der Waals surface area contributed by atoms with E-state index in [1.165, 1.54) is 0 Å². The lowest BCUT2D eigenvalue weighted by Gasteiger charge is -2.37. The van der Waals surface area contributed by atoms with Crippen molar-refractivity contribution in [3.05, 3.63) is 0 Å². The van der Waals surface area contributed by atoms with Crippen LogP contribution in [0, 0.1) is 0 Å². The lowest BCUT2D eigenvalue weighted by molar-refractivity contribution is -0.126. The predicted molar refractivity (Wildman–Crippen MR) is 56.9 cm³/mol. The summed E-state index contributed by atoms with van der Waals surface area (Å²) in [6.45, 7) is 5.64. The number of likely N-dealkylation sites (N-methyl/N-ethyl adjacent to an activating group) is 1. The number of rotatable bonds is 2. The van der Waals surface area contributed by atoms with Gasteiger partial charge in [-0.15, -0.1) is 0 Å². The summed E-state index contributed by atoms with van der Waals surface area (Å²) in [5, 5.41) is 2.93. The number of hydrogen-bond donors (Lipinski definition) is 2. The van der Waals surface area contributed by atoms with Gasteiger partial charge in [-0.2, -0.15) is 0 Å². The molecule has 0 radical (unpaired) electrons. The highest BCUT2D eigenvalue weighted by Crippen LogP contribution is 2.22. The monoisotopic (exact) mass is 199 g/mol. The molecule has 0 saturated carbocycles. The highest BCUT2D eigenvalue weighted by atomic mass is 16.2. The van der Waals surface area contributed by atoms with Gasteiger partial charge in [-0.3, -0.25) is 9.69 Å². The molecule has 4 heteroatoms. The Bertz CT molecular complexity index is 215. The SMILES string of the molecule is CN1C(CCN)C(=O)NCCC1(C)C. The van der Waals surface area contributed by atoms with Crippen LogP contribution in [0.25, 0.3) is 0 Å².